The molecule has 4 aliphatic heterocycles. The van der Waals surface area contributed by atoms with Crippen LogP contribution in [0.1, 0.15) is 64.8 Å². The number of anilines is 5. The van der Waals surface area contributed by atoms with Gasteiger partial charge in [-0.25, -0.2) is 18.5 Å². The molecule has 0 saturated carbocycles. The monoisotopic (exact) mass is 850 g/mol. The summed E-state index contributed by atoms with van der Waals surface area (Å²) in [6.07, 6.45) is 6.18. The summed E-state index contributed by atoms with van der Waals surface area (Å²) in [5.74, 6) is 0.146. The Morgan fingerprint density at radius 1 is 0.869 bits per heavy atom. The van der Waals surface area contributed by atoms with E-state index < -0.39 is 39.7 Å². The van der Waals surface area contributed by atoms with Crippen LogP contribution in [-0.2, 0) is 19.6 Å². The van der Waals surface area contributed by atoms with E-state index in [1.54, 1.807) is 36.5 Å². The van der Waals surface area contributed by atoms with Crippen molar-refractivity contribution in [3.05, 3.63) is 89.6 Å². The average Bonchev–Trinajstić information content (AvgIpc) is 3.48. The fourth-order valence-corrected chi connectivity index (χ4v) is 9.22. The standard InChI is InChI=1S/C43H50N10O7S/c1-27-24-45-43(50-39(27)48-35-6-2-3-7-37(35)61(44,58)59)47-29-8-11-32(12-9-29)60-22-21-51-19-16-28(17-20-51)25-52-18-4-5-31(26-52)46-30-10-13-33-34(23-30)42(57)53(41(33)56)36-14-15-38(54)49-40(36)55/h2-3,6-13,23-24,28,31,36,46H,4-5,14-22,25-26H2,1H3,(H2,44,58,59)(H,49,54,55)(H2,45,47,48,50)/t31-,36?/m1/s1. The lowest BCUT2D eigenvalue weighted by atomic mass is 9.94. The lowest BCUT2D eigenvalue weighted by Crippen LogP contribution is -2.54. The number of nitrogens with zero attached hydrogens (tertiary/aromatic N) is 5. The third-order valence-corrected chi connectivity index (χ3v) is 12.7. The third-order valence-electron chi connectivity index (χ3n) is 11.7. The van der Waals surface area contributed by atoms with Crippen LogP contribution in [-0.4, -0.2) is 115 Å². The van der Waals surface area contributed by atoms with Gasteiger partial charge in [-0.1, -0.05) is 12.1 Å². The Morgan fingerprint density at radius 3 is 2.39 bits per heavy atom. The van der Waals surface area contributed by atoms with E-state index in [0.717, 1.165) is 92.5 Å². The molecule has 4 aliphatic rings. The third kappa shape index (κ3) is 9.83. The van der Waals surface area contributed by atoms with Gasteiger partial charge in [0, 0.05) is 55.2 Å². The van der Waals surface area contributed by atoms with Crippen LogP contribution < -0.4 is 31.1 Å². The summed E-state index contributed by atoms with van der Waals surface area (Å²) in [4.78, 5) is 65.4. The first-order chi connectivity index (χ1) is 29.4. The molecule has 0 spiro atoms. The zero-order valence-corrected chi connectivity index (χ0v) is 34.7. The first-order valence-corrected chi connectivity index (χ1v) is 22.2. The van der Waals surface area contributed by atoms with E-state index in [2.05, 4.69) is 41.0 Å². The molecular weight excluding hydrogens is 801 g/mol. The van der Waals surface area contributed by atoms with E-state index >= 15 is 0 Å². The first kappa shape index (κ1) is 41.8. The van der Waals surface area contributed by atoms with Gasteiger partial charge in [-0.05, 0) is 119 Å². The molecule has 5 heterocycles. The number of imide groups is 2. The van der Waals surface area contributed by atoms with Gasteiger partial charge in [0.15, 0.2) is 0 Å². The molecule has 0 aliphatic carbocycles. The van der Waals surface area contributed by atoms with Crippen LogP contribution in [0.3, 0.4) is 0 Å². The number of piperidine rings is 3. The summed E-state index contributed by atoms with van der Waals surface area (Å²) in [5, 5.41) is 17.5. The molecule has 61 heavy (non-hydrogen) atoms. The minimum Gasteiger partial charge on any atom is -0.492 e. The Bertz CT molecular complexity index is 2420. The number of amides is 4. The second-order valence-corrected chi connectivity index (χ2v) is 17.7. The maximum atomic E-state index is 13.3. The molecule has 4 aromatic rings. The fraction of sp³-hybridized carbons (Fsp3) is 0.395. The SMILES string of the molecule is Cc1cnc(Nc2ccc(OCCN3CCC(CN4CCC[C@@H](Nc5ccc6c(c5)C(=O)N(C5CCC(=O)NC5=O)C6=O)C4)CC3)cc2)nc1Nc1ccccc1S(N)(=O)=O. The van der Waals surface area contributed by atoms with Gasteiger partial charge < -0.3 is 25.6 Å². The van der Waals surface area contributed by atoms with Crippen LogP contribution in [0.2, 0.25) is 0 Å². The minimum atomic E-state index is -3.93. The van der Waals surface area contributed by atoms with Crippen molar-refractivity contribution >= 4 is 62.5 Å². The number of hydrogen-bond acceptors (Lipinski definition) is 14. The molecule has 18 heteroatoms. The van der Waals surface area contributed by atoms with E-state index in [9.17, 15) is 27.6 Å². The van der Waals surface area contributed by atoms with E-state index in [4.69, 9.17) is 9.88 Å². The smallest absolute Gasteiger partial charge is 0.262 e. The molecule has 8 rings (SSSR count). The van der Waals surface area contributed by atoms with Crippen molar-refractivity contribution in [3.8, 4) is 5.75 Å². The van der Waals surface area contributed by atoms with Crippen molar-refractivity contribution in [2.75, 3.05) is 61.8 Å². The summed E-state index contributed by atoms with van der Waals surface area (Å²) in [6.45, 7) is 8.25. The normalized spacial score (nSPS) is 20.3. The van der Waals surface area contributed by atoms with E-state index in [1.165, 1.54) is 6.07 Å². The highest BCUT2D eigenvalue weighted by atomic mass is 32.2. The van der Waals surface area contributed by atoms with E-state index in [0.29, 0.717) is 30.0 Å². The van der Waals surface area contributed by atoms with Crippen LogP contribution >= 0.6 is 0 Å². The van der Waals surface area contributed by atoms with Crippen molar-refractivity contribution < 1.29 is 32.3 Å². The Morgan fingerprint density at radius 2 is 1.62 bits per heavy atom. The number of likely N-dealkylation sites (tertiary alicyclic amines) is 2. The zero-order valence-electron chi connectivity index (χ0n) is 33.9. The van der Waals surface area contributed by atoms with Crippen LogP contribution in [0.15, 0.2) is 77.8 Å². The van der Waals surface area contributed by atoms with Gasteiger partial charge in [0.25, 0.3) is 11.8 Å². The molecule has 6 N–H and O–H groups in total. The quantitative estimate of drug-likeness (QED) is 0.113. The average molecular weight is 851 g/mol. The molecule has 3 fully saturated rings. The number of carbonyl (C=O) groups is 4. The summed E-state index contributed by atoms with van der Waals surface area (Å²) in [6, 6.07) is 18.4. The lowest BCUT2D eigenvalue weighted by molar-refractivity contribution is -0.136. The number of benzene rings is 3. The van der Waals surface area contributed by atoms with Crippen molar-refractivity contribution in [2.24, 2.45) is 11.1 Å². The number of aryl methyl sites for hydroxylation is 1. The van der Waals surface area contributed by atoms with E-state index in [1.807, 2.05) is 37.3 Å². The van der Waals surface area contributed by atoms with E-state index in [-0.39, 0.29) is 34.9 Å². The molecule has 4 amide bonds. The van der Waals surface area contributed by atoms with Gasteiger partial charge >= 0.3 is 0 Å². The number of para-hydroxylation sites is 1. The number of nitrogens with two attached hydrogens (primary N) is 1. The Kier molecular flexibility index (Phi) is 12.3. The highest BCUT2D eigenvalue weighted by molar-refractivity contribution is 7.89. The van der Waals surface area contributed by atoms with Crippen molar-refractivity contribution in [3.63, 3.8) is 0 Å². The highest BCUT2D eigenvalue weighted by Crippen LogP contribution is 2.31. The van der Waals surface area contributed by atoms with Gasteiger partial charge in [0.2, 0.25) is 27.8 Å². The van der Waals surface area contributed by atoms with Gasteiger partial charge in [0.1, 0.15) is 29.1 Å². The number of ether oxygens (including phenoxy) is 1. The number of fused-ring (bicyclic) bond motifs is 1. The molecule has 3 aromatic carbocycles. The highest BCUT2D eigenvalue weighted by Gasteiger charge is 2.44. The largest absolute Gasteiger partial charge is 0.492 e. The maximum Gasteiger partial charge on any atom is 0.262 e. The summed E-state index contributed by atoms with van der Waals surface area (Å²) in [5.41, 5.74) is 3.15. The molecule has 0 bridgehead atoms. The fourth-order valence-electron chi connectivity index (χ4n) is 8.52. The van der Waals surface area contributed by atoms with Gasteiger partial charge in [0.05, 0.1) is 16.8 Å². The maximum absolute atomic E-state index is 13.3. The molecule has 0 radical (unpaired) electrons. The predicted octanol–water partition coefficient (Wildman–Crippen LogP) is 3.99. The van der Waals surface area contributed by atoms with Crippen molar-refractivity contribution in [1.82, 2.24) is 30.0 Å². The van der Waals surface area contributed by atoms with Crippen molar-refractivity contribution in [1.29, 1.82) is 0 Å². The van der Waals surface area contributed by atoms with Gasteiger partial charge in [-0.15, -0.1) is 0 Å². The number of sulfonamides is 1. The number of primary sulfonamides is 1. The number of carbonyl (C=O) groups excluding carboxylic acids is 4. The first-order valence-electron chi connectivity index (χ1n) is 20.7. The lowest BCUT2D eigenvalue weighted by Gasteiger charge is -2.38. The topological polar surface area (TPSA) is 221 Å². The summed E-state index contributed by atoms with van der Waals surface area (Å²) < 4.78 is 30.2. The van der Waals surface area contributed by atoms with Gasteiger partial charge in [-0.2, -0.15) is 4.98 Å². The van der Waals surface area contributed by atoms with Gasteiger partial charge in [-0.3, -0.25) is 34.3 Å². The van der Waals surface area contributed by atoms with Crippen LogP contribution in [0, 0.1) is 12.8 Å². The Labute approximate surface area is 354 Å². The van der Waals surface area contributed by atoms with Crippen LogP contribution in [0.4, 0.5) is 28.8 Å². The predicted molar refractivity (Wildman–Crippen MR) is 228 cm³/mol. The summed E-state index contributed by atoms with van der Waals surface area (Å²) >= 11 is 0. The molecule has 320 valence electrons. The number of nitrogens with one attached hydrogen (secondary N) is 4. The molecule has 1 unspecified atom stereocenters. The number of aromatic nitrogens is 2. The molecule has 1 aromatic heterocycles. The van der Waals surface area contributed by atoms with Crippen LogP contribution in [0.25, 0.3) is 0 Å². The minimum absolute atomic E-state index is 0.0265. The molecular formula is C43H50N10O7S. The second kappa shape index (κ2) is 18.0. The molecule has 17 nitrogen and oxygen atoms in total. The summed E-state index contributed by atoms with van der Waals surface area (Å²) in [7, 11) is -3.93. The van der Waals surface area contributed by atoms with Crippen LogP contribution in [0.5, 0.6) is 5.75 Å². The second-order valence-electron chi connectivity index (χ2n) is 16.1. The Hall–Kier alpha value is -5.95. The number of hydrogen-bond donors (Lipinski definition) is 5. The number of rotatable bonds is 14. The molecule has 2 atom stereocenters. The van der Waals surface area contributed by atoms with Crippen molar-refractivity contribution in [2.45, 2.75) is 62.4 Å². The Balaban J connectivity index is 0.754. The zero-order chi connectivity index (χ0) is 42.7. The molecule has 3 saturated heterocycles.